The highest BCUT2D eigenvalue weighted by molar-refractivity contribution is 6.03. The molecule has 0 radical (unpaired) electrons. The van der Waals surface area contributed by atoms with E-state index in [9.17, 15) is 23.7 Å². The Hall–Kier alpha value is -4.23. The molecule has 3 aromatic carbocycles. The van der Waals surface area contributed by atoms with E-state index in [1.165, 1.54) is 7.11 Å². The molecule has 182 valence electrons. The first kappa shape index (κ1) is 24.9. The summed E-state index contributed by atoms with van der Waals surface area (Å²) in [5.41, 5.74) is 0.534. The van der Waals surface area contributed by atoms with Crippen LogP contribution in [0.1, 0.15) is 49.4 Å². The van der Waals surface area contributed by atoms with E-state index in [4.69, 9.17) is 9.47 Å². The Bertz CT molecular complexity index is 1510. The van der Waals surface area contributed by atoms with Gasteiger partial charge < -0.3 is 9.47 Å². The lowest BCUT2D eigenvalue weighted by atomic mass is 9.83. The normalized spacial score (nSPS) is 13.6. The van der Waals surface area contributed by atoms with Crippen LogP contribution in [0.5, 0.6) is 17.2 Å². The molecule has 1 aliphatic carbocycles. The third-order valence-corrected chi connectivity index (χ3v) is 6.09. The number of nitriles is 2. The van der Waals surface area contributed by atoms with Crippen molar-refractivity contribution in [2.75, 3.05) is 7.11 Å². The van der Waals surface area contributed by atoms with Crippen molar-refractivity contribution in [2.45, 2.75) is 38.8 Å². The van der Waals surface area contributed by atoms with Crippen molar-refractivity contribution >= 4 is 16.3 Å². The molecule has 0 atom stereocenters. The van der Waals surface area contributed by atoms with Gasteiger partial charge in [-0.3, -0.25) is 0 Å². The highest BCUT2D eigenvalue weighted by atomic mass is 19.4. The zero-order valence-electron chi connectivity index (χ0n) is 20.2. The summed E-state index contributed by atoms with van der Waals surface area (Å²) < 4.78 is 51.9. The lowest BCUT2D eigenvalue weighted by Crippen LogP contribution is -2.11. The molecule has 0 heterocycles. The molecule has 0 saturated carbocycles. The molecular weight excluding hydrogens is 465 g/mol. The Morgan fingerprint density at radius 3 is 2.25 bits per heavy atom. The van der Waals surface area contributed by atoms with Gasteiger partial charge in [0.25, 0.3) is 0 Å². The van der Waals surface area contributed by atoms with Crippen LogP contribution in [-0.4, -0.2) is 13.3 Å². The van der Waals surface area contributed by atoms with Crippen LogP contribution >= 0.6 is 0 Å². The standard InChI is InChI=1S/C29H23F3N2O2/c1-28(2,3)21-12-18-10-19(15-33)24(16-34)26(17-8-9-20(11-17)29(30,31)32)27(18)25(13-21)36-23-7-5-6-22(14-23)35-4/h5-7,9-14H,8H2,1-4H3. The summed E-state index contributed by atoms with van der Waals surface area (Å²) in [6.07, 6.45) is -2.40. The quantitative estimate of drug-likeness (QED) is 0.374. The number of rotatable bonds is 4. The molecule has 0 unspecified atom stereocenters. The number of hydrogen-bond donors (Lipinski definition) is 0. The monoisotopic (exact) mass is 488 g/mol. The first-order chi connectivity index (χ1) is 17.0. The van der Waals surface area contributed by atoms with Gasteiger partial charge in [-0.2, -0.15) is 23.7 Å². The van der Waals surface area contributed by atoms with Gasteiger partial charge in [0, 0.05) is 17.0 Å². The van der Waals surface area contributed by atoms with E-state index >= 15 is 0 Å². The Morgan fingerprint density at radius 1 is 0.944 bits per heavy atom. The molecule has 3 aromatic rings. The van der Waals surface area contributed by atoms with Gasteiger partial charge in [0.1, 0.15) is 29.4 Å². The molecule has 4 rings (SSSR count). The summed E-state index contributed by atoms with van der Waals surface area (Å²) in [5.74, 6) is 1.42. The second-order valence-corrected chi connectivity index (χ2v) is 9.53. The molecule has 0 saturated heterocycles. The van der Waals surface area contributed by atoms with Crippen LogP contribution < -0.4 is 9.47 Å². The smallest absolute Gasteiger partial charge is 0.416 e. The first-order valence-electron chi connectivity index (χ1n) is 11.2. The molecule has 0 fully saturated rings. The number of nitrogens with zero attached hydrogens (tertiary/aromatic N) is 2. The first-order valence-corrected chi connectivity index (χ1v) is 11.2. The highest BCUT2D eigenvalue weighted by Gasteiger charge is 2.35. The molecule has 36 heavy (non-hydrogen) atoms. The summed E-state index contributed by atoms with van der Waals surface area (Å²) in [7, 11) is 1.53. The Labute approximate surface area is 207 Å². The minimum atomic E-state index is -4.52. The Morgan fingerprint density at radius 2 is 1.67 bits per heavy atom. The minimum absolute atomic E-state index is 0.0204. The molecule has 0 aromatic heterocycles. The van der Waals surface area contributed by atoms with Crippen molar-refractivity contribution in [2.24, 2.45) is 0 Å². The summed E-state index contributed by atoms with van der Waals surface area (Å²) in [6.45, 7) is 6.08. The molecule has 0 aliphatic heterocycles. The average molecular weight is 489 g/mol. The third-order valence-electron chi connectivity index (χ3n) is 6.09. The van der Waals surface area contributed by atoms with E-state index in [1.54, 1.807) is 30.3 Å². The molecule has 0 bridgehead atoms. The molecule has 1 aliphatic rings. The van der Waals surface area contributed by atoms with Crippen LogP contribution in [0.2, 0.25) is 0 Å². The highest BCUT2D eigenvalue weighted by Crippen LogP contribution is 2.45. The lowest BCUT2D eigenvalue weighted by Gasteiger charge is -2.23. The van der Waals surface area contributed by atoms with Crippen LogP contribution in [0.25, 0.3) is 16.3 Å². The largest absolute Gasteiger partial charge is 0.497 e. The van der Waals surface area contributed by atoms with E-state index in [0.29, 0.717) is 33.6 Å². The summed E-state index contributed by atoms with van der Waals surface area (Å²) in [5, 5.41) is 20.9. The molecular formula is C29H23F3N2O2. The fraction of sp³-hybridized carbons (Fsp3) is 0.241. The fourth-order valence-corrected chi connectivity index (χ4v) is 4.23. The van der Waals surface area contributed by atoms with Gasteiger partial charge in [-0.15, -0.1) is 0 Å². The zero-order valence-corrected chi connectivity index (χ0v) is 20.2. The average Bonchev–Trinajstić information content (AvgIpc) is 3.33. The number of allylic oxidation sites excluding steroid dienone is 4. The summed E-state index contributed by atoms with van der Waals surface area (Å²) in [4.78, 5) is 0. The van der Waals surface area contributed by atoms with Crippen molar-refractivity contribution in [1.82, 2.24) is 0 Å². The van der Waals surface area contributed by atoms with Crippen LogP contribution in [-0.2, 0) is 5.41 Å². The summed E-state index contributed by atoms with van der Waals surface area (Å²) in [6, 6.07) is 16.4. The molecule has 0 spiro atoms. The van der Waals surface area contributed by atoms with Crippen LogP contribution in [0.4, 0.5) is 13.2 Å². The van der Waals surface area contributed by atoms with E-state index in [1.807, 2.05) is 45.0 Å². The summed E-state index contributed by atoms with van der Waals surface area (Å²) >= 11 is 0. The van der Waals surface area contributed by atoms with E-state index in [0.717, 1.165) is 17.7 Å². The van der Waals surface area contributed by atoms with Crippen molar-refractivity contribution in [3.63, 3.8) is 0 Å². The number of ether oxygens (including phenoxy) is 2. The van der Waals surface area contributed by atoms with Crippen molar-refractivity contribution in [1.29, 1.82) is 10.5 Å². The number of fused-ring (bicyclic) bond motifs is 1. The Kier molecular flexibility index (Phi) is 6.28. The van der Waals surface area contributed by atoms with Gasteiger partial charge in [-0.25, -0.2) is 0 Å². The zero-order chi connectivity index (χ0) is 26.3. The predicted molar refractivity (Wildman–Crippen MR) is 132 cm³/mol. The molecule has 0 amide bonds. The number of alkyl halides is 3. The number of hydrogen-bond acceptors (Lipinski definition) is 4. The third kappa shape index (κ3) is 4.65. The Balaban J connectivity index is 2.07. The van der Waals surface area contributed by atoms with Gasteiger partial charge in [-0.05, 0) is 58.7 Å². The minimum Gasteiger partial charge on any atom is -0.497 e. The predicted octanol–water partition coefficient (Wildman–Crippen LogP) is 7.96. The maximum absolute atomic E-state index is 13.4. The van der Waals surface area contributed by atoms with Gasteiger partial charge in [0.15, 0.2) is 0 Å². The van der Waals surface area contributed by atoms with Crippen LogP contribution in [0, 0.1) is 22.7 Å². The van der Waals surface area contributed by atoms with Gasteiger partial charge in [0.05, 0.1) is 23.8 Å². The SMILES string of the molecule is COc1cccc(Oc2cc(C(C)(C)C)cc3cc(C#N)c(C#N)c(C4=CC(C(F)(F)F)=CC4)c23)c1. The molecule has 4 nitrogen and oxygen atoms in total. The maximum atomic E-state index is 13.4. The fourth-order valence-electron chi connectivity index (χ4n) is 4.23. The van der Waals surface area contributed by atoms with Gasteiger partial charge in [0.2, 0.25) is 0 Å². The van der Waals surface area contributed by atoms with Crippen molar-refractivity contribution in [3.8, 4) is 29.4 Å². The number of halogens is 3. The van der Waals surface area contributed by atoms with Crippen LogP contribution in [0.15, 0.2) is 60.2 Å². The topological polar surface area (TPSA) is 66.0 Å². The molecule has 0 N–H and O–H groups in total. The lowest BCUT2D eigenvalue weighted by molar-refractivity contribution is -0.0880. The van der Waals surface area contributed by atoms with E-state index in [-0.39, 0.29) is 28.5 Å². The van der Waals surface area contributed by atoms with Crippen molar-refractivity contribution in [3.05, 3.63) is 82.4 Å². The van der Waals surface area contributed by atoms with Gasteiger partial charge >= 0.3 is 6.18 Å². The molecule has 7 heteroatoms. The number of methoxy groups -OCH3 is 1. The van der Waals surface area contributed by atoms with Crippen LogP contribution in [0.3, 0.4) is 0 Å². The van der Waals surface area contributed by atoms with E-state index in [2.05, 4.69) is 0 Å². The maximum Gasteiger partial charge on any atom is 0.416 e. The number of benzene rings is 3. The van der Waals surface area contributed by atoms with Crippen molar-refractivity contribution < 1.29 is 22.6 Å². The second kappa shape index (κ2) is 9.09. The van der Waals surface area contributed by atoms with Gasteiger partial charge in [-0.1, -0.05) is 39.0 Å². The van der Waals surface area contributed by atoms with E-state index < -0.39 is 11.7 Å². The second-order valence-electron chi connectivity index (χ2n) is 9.53.